The van der Waals surface area contributed by atoms with Gasteiger partial charge in [0, 0.05) is 13.5 Å². The van der Waals surface area contributed by atoms with Crippen LogP contribution in [0.1, 0.15) is 46.4 Å². The summed E-state index contributed by atoms with van der Waals surface area (Å²) in [5.74, 6) is 2.71. The van der Waals surface area contributed by atoms with Gasteiger partial charge >= 0.3 is 0 Å². The first kappa shape index (κ1) is 15.4. The van der Waals surface area contributed by atoms with E-state index in [1.807, 2.05) is 26.0 Å². The number of hydrogen-bond acceptors (Lipinski definition) is 4. The van der Waals surface area contributed by atoms with Gasteiger partial charge in [0.2, 0.25) is 0 Å². The van der Waals surface area contributed by atoms with Gasteiger partial charge in [-0.15, -0.1) is 0 Å². The lowest BCUT2D eigenvalue weighted by atomic mass is 10.2. The number of ether oxygens (including phenoxy) is 1. The molecule has 0 saturated carbocycles. The SMILES string of the molecule is CCc1ccc(C(COC)NC(=O)c2cc(C)oc2C)o1. The summed E-state index contributed by atoms with van der Waals surface area (Å²) < 4.78 is 16.3. The summed E-state index contributed by atoms with van der Waals surface area (Å²) in [7, 11) is 1.59. The van der Waals surface area contributed by atoms with Crippen LogP contribution in [0.2, 0.25) is 0 Å². The van der Waals surface area contributed by atoms with Gasteiger partial charge in [-0.05, 0) is 32.0 Å². The van der Waals surface area contributed by atoms with Crippen molar-refractivity contribution in [3.8, 4) is 0 Å². The second kappa shape index (κ2) is 6.63. The molecule has 0 aliphatic carbocycles. The van der Waals surface area contributed by atoms with Crippen molar-refractivity contribution in [2.24, 2.45) is 0 Å². The molecule has 1 unspecified atom stereocenters. The highest BCUT2D eigenvalue weighted by Gasteiger charge is 2.21. The zero-order valence-electron chi connectivity index (χ0n) is 12.9. The van der Waals surface area contributed by atoms with Crippen LogP contribution in [0.15, 0.2) is 27.0 Å². The van der Waals surface area contributed by atoms with Crippen LogP contribution in [-0.4, -0.2) is 19.6 Å². The summed E-state index contributed by atoms with van der Waals surface area (Å²) in [6.07, 6.45) is 0.813. The van der Waals surface area contributed by atoms with E-state index in [4.69, 9.17) is 13.6 Å². The van der Waals surface area contributed by atoms with E-state index in [9.17, 15) is 4.79 Å². The minimum absolute atomic E-state index is 0.194. The van der Waals surface area contributed by atoms with E-state index in [-0.39, 0.29) is 11.9 Å². The van der Waals surface area contributed by atoms with Crippen LogP contribution in [-0.2, 0) is 11.2 Å². The number of methoxy groups -OCH3 is 1. The molecule has 5 heteroatoms. The molecule has 0 bridgehead atoms. The maximum absolute atomic E-state index is 12.3. The van der Waals surface area contributed by atoms with E-state index >= 15 is 0 Å². The lowest BCUT2D eigenvalue weighted by Gasteiger charge is -2.15. The maximum atomic E-state index is 12.3. The number of amides is 1. The third kappa shape index (κ3) is 3.55. The number of carbonyl (C=O) groups is 1. The molecule has 0 aromatic carbocycles. The predicted octanol–water partition coefficient (Wildman–Crippen LogP) is 3.17. The molecule has 2 aromatic rings. The van der Waals surface area contributed by atoms with E-state index in [2.05, 4.69) is 5.32 Å². The van der Waals surface area contributed by atoms with Gasteiger partial charge in [-0.25, -0.2) is 0 Å². The van der Waals surface area contributed by atoms with Crippen molar-refractivity contribution < 1.29 is 18.4 Å². The van der Waals surface area contributed by atoms with Crippen molar-refractivity contribution in [1.29, 1.82) is 0 Å². The Kier molecular flexibility index (Phi) is 4.85. The fourth-order valence-electron chi connectivity index (χ4n) is 2.23. The van der Waals surface area contributed by atoms with Crippen molar-refractivity contribution in [3.63, 3.8) is 0 Å². The van der Waals surface area contributed by atoms with E-state index in [0.717, 1.165) is 12.2 Å². The molecular weight excluding hydrogens is 270 g/mol. The third-order valence-electron chi connectivity index (χ3n) is 3.30. The Balaban J connectivity index is 2.15. The van der Waals surface area contributed by atoms with Crippen molar-refractivity contribution in [3.05, 3.63) is 46.8 Å². The Labute approximate surface area is 124 Å². The van der Waals surface area contributed by atoms with Gasteiger partial charge in [-0.1, -0.05) is 6.92 Å². The van der Waals surface area contributed by atoms with Crippen LogP contribution in [0.4, 0.5) is 0 Å². The first-order valence-corrected chi connectivity index (χ1v) is 7.00. The van der Waals surface area contributed by atoms with Gasteiger partial charge in [0.15, 0.2) is 0 Å². The smallest absolute Gasteiger partial charge is 0.255 e. The number of carbonyl (C=O) groups excluding carboxylic acids is 1. The summed E-state index contributed by atoms with van der Waals surface area (Å²) in [4.78, 5) is 12.3. The van der Waals surface area contributed by atoms with E-state index in [0.29, 0.717) is 29.5 Å². The highest BCUT2D eigenvalue weighted by Crippen LogP contribution is 2.20. The van der Waals surface area contributed by atoms with Crippen LogP contribution in [0, 0.1) is 13.8 Å². The Morgan fingerprint density at radius 1 is 1.33 bits per heavy atom. The van der Waals surface area contributed by atoms with E-state index in [1.54, 1.807) is 20.1 Å². The second-order valence-corrected chi connectivity index (χ2v) is 4.97. The topological polar surface area (TPSA) is 64.6 Å². The van der Waals surface area contributed by atoms with Crippen molar-refractivity contribution in [2.45, 2.75) is 33.2 Å². The van der Waals surface area contributed by atoms with Gasteiger partial charge in [0.1, 0.15) is 29.1 Å². The summed E-state index contributed by atoms with van der Waals surface area (Å²) in [6, 6.07) is 5.19. The number of nitrogens with one attached hydrogen (secondary N) is 1. The minimum atomic E-state index is -0.322. The Morgan fingerprint density at radius 3 is 2.62 bits per heavy atom. The van der Waals surface area contributed by atoms with Crippen LogP contribution in [0.3, 0.4) is 0 Å². The van der Waals surface area contributed by atoms with Crippen molar-refractivity contribution >= 4 is 5.91 Å². The molecule has 0 spiro atoms. The number of rotatable bonds is 6. The molecular formula is C16H21NO4. The summed E-state index contributed by atoms with van der Waals surface area (Å²) in [6.45, 7) is 5.95. The fraction of sp³-hybridized carbons (Fsp3) is 0.438. The molecule has 0 fully saturated rings. The molecule has 2 aromatic heterocycles. The molecule has 1 atom stereocenters. The summed E-state index contributed by atoms with van der Waals surface area (Å²) >= 11 is 0. The van der Waals surface area contributed by atoms with Crippen molar-refractivity contribution in [1.82, 2.24) is 5.32 Å². The summed E-state index contributed by atoms with van der Waals surface area (Å²) in [5.41, 5.74) is 0.538. The van der Waals surface area contributed by atoms with Crippen molar-refractivity contribution in [2.75, 3.05) is 13.7 Å². The molecule has 0 saturated heterocycles. The molecule has 1 amide bonds. The number of hydrogen-bond donors (Lipinski definition) is 1. The number of furan rings is 2. The lowest BCUT2D eigenvalue weighted by molar-refractivity contribution is 0.0880. The van der Waals surface area contributed by atoms with Crippen LogP contribution in [0.5, 0.6) is 0 Å². The Hall–Kier alpha value is -2.01. The standard InChI is InChI=1S/C16H21NO4/c1-5-12-6-7-15(21-12)14(9-19-4)17-16(18)13-8-10(2)20-11(13)3/h6-8,14H,5,9H2,1-4H3,(H,17,18). The molecule has 21 heavy (non-hydrogen) atoms. The van der Waals surface area contributed by atoms with Gasteiger partial charge < -0.3 is 18.9 Å². The largest absolute Gasteiger partial charge is 0.466 e. The highest BCUT2D eigenvalue weighted by molar-refractivity contribution is 5.95. The van der Waals surface area contributed by atoms with E-state index in [1.165, 1.54) is 0 Å². The van der Waals surface area contributed by atoms with Crippen LogP contribution >= 0.6 is 0 Å². The average Bonchev–Trinajstić information content (AvgIpc) is 3.04. The Morgan fingerprint density at radius 2 is 2.10 bits per heavy atom. The van der Waals surface area contributed by atoms with Gasteiger partial charge in [-0.3, -0.25) is 4.79 Å². The van der Waals surface area contributed by atoms with Crippen LogP contribution < -0.4 is 5.32 Å². The van der Waals surface area contributed by atoms with Gasteiger partial charge in [0.25, 0.3) is 5.91 Å². The highest BCUT2D eigenvalue weighted by atomic mass is 16.5. The zero-order valence-corrected chi connectivity index (χ0v) is 12.9. The molecule has 114 valence electrons. The first-order chi connectivity index (χ1) is 10.0. The molecule has 2 rings (SSSR count). The molecule has 5 nitrogen and oxygen atoms in total. The Bertz CT molecular complexity index is 612. The van der Waals surface area contributed by atoms with Gasteiger partial charge in [0.05, 0.1) is 12.2 Å². The maximum Gasteiger partial charge on any atom is 0.255 e. The lowest BCUT2D eigenvalue weighted by Crippen LogP contribution is -2.31. The summed E-state index contributed by atoms with van der Waals surface area (Å²) in [5, 5.41) is 2.92. The molecule has 1 N–H and O–H groups in total. The molecule has 2 heterocycles. The quantitative estimate of drug-likeness (QED) is 0.887. The average molecular weight is 291 g/mol. The minimum Gasteiger partial charge on any atom is -0.466 e. The second-order valence-electron chi connectivity index (χ2n) is 4.97. The first-order valence-electron chi connectivity index (χ1n) is 7.00. The van der Waals surface area contributed by atoms with Crippen LogP contribution in [0.25, 0.3) is 0 Å². The normalized spacial score (nSPS) is 12.4. The number of aryl methyl sites for hydroxylation is 3. The van der Waals surface area contributed by atoms with Gasteiger partial charge in [-0.2, -0.15) is 0 Å². The fourth-order valence-corrected chi connectivity index (χ4v) is 2.23. The zero-order chi connectivity index (χ0) is 15.4. The predicted molar refractivity (Wildman–Crippen MR) is 78.4 cm³/mol. The molecule has 0 radical (unpaired) electrons. The monoisotopic (exact) mass is 291 g/mol. The third-order valence-corrected chi connectivity index (χ3v) is 3.30. The molecule has 0 aliphatic heterocycles. The van der Waals surface area contributed by atoms with E-state index < -0.39 is 0 Å². The molecule has 0 aliphatic rings.